The van der Waals surface area contributed by atoms with Crippen molar-refractivity contribution < 1.29 is 17.9 Å². The second kappa shape index (κ2) is 9.25. The van der Waals surface area contributed by atoms with Gasteiger partial charge in [0, 0.05) is 23.6 Å². The second-order valence-electron chi connectivity index (χ2n) is 6.85. The number of amides is 1. The van der Waals surface area contributed by atoms with Gasteiger partial charge in [0.15, 0.2) is 9.84 Å². The average Bonchev–Trinajstić information content (AvgIpc) is 2.72. The number of hydrogen-bond donors (Lipinski definition) is 1. The Kier molecular flexibility index (Phi) is 6.50. The first kappa shape index (κ1) is 21.1. The van der Waals surface area contributed by atoms with Crippen LogP contribution in [0.15, 0.2) is 72.8 Å². The molecule has 0 saturated carbocycles. The lowest BCUT2D eigenvalue weighted by molar-refractivity contribution is 0.102. The molecule has 6 nitrogen and oxygen atoms in total. The molecule has 0 aliphatic heterocycles. The third-order valence-corrected chi connectivity index (χ3v) is 5.06. The predicted octanol–water partition coefficient (Wildman–Crippen LogP) is 3.93. The Labute approximate surface area is 175 Å². The van der Waals surface area contributed by atoms with Crippen LogP contribution in [0.2, 0.25) is 0 Å². The third kappa shape index (κ3) is 6.19. The highest BCUT2D eigenvalue weighted by atomic mass is 32.2. The maximum Gasteiger partial charge on any atom is 0.255 e. The van der Waals surface area contributed by atoms with Gasteiger partial charge in [0.2, 0.25) is 0 Å². The number of carbonyl (C=O) groups excluding carboxylic acids is 1. The molecule has 0 saturated heterocycles. The van der Waals surface area contributed by atoms with Crippen molar-refractivity contribution in [3.63, 3.8) is 0 Å². The number of sulfone groups is 1. The minimum absolute atomic E-state index is 0.0639. The molecule has 3 aromatic carbocycles. The summed E-state index contributed by atoms with van der Waals surface area (Å²) < 4.78 is 28.5. The van der Waals surface area contributed by atoms with Crippen LogP contribution in [0.1, 0.15) is 27.0 Å². The first-order valence-corrected chi connectivity index (χ1v) is 11.2. The molecule has 1 amide bonds. The van der Waals surface area contributed by atoms with Crippen LogP contribution in [0.5, 0.6) is 5.75 Å². The SMILES string of the molecule is CS(=O)(=O)Cc1ccc(C(=O)Nc2cccc(OCc3cccc(C#N)c3)c2)cc1. The van der Waals surface area contributed by atoms with Gasteiger partial charge in [-0.25, -0.2) is 8.42 Å². The van der Waals surface area contributed by atoms with Crippen molar-refractivity contribution in [1.29, 1.82) is 5.26 Å². The van der Waals surface area contributed by atoms with E-state index in [9.17, 15) is 13.2 Å². The van der Waals surface area contributed by atoms with E-state index >= 15 is 0 Å². The van der Waals surface area contributed by atoms with E-state index in [4.69, 9.17) is 10.00 Å². The van der Waals surface area contributed by atoms with Crippen molar-refractivity contribution in [2.45, 2.75) is 12.4 Å². The van der Waals surface area contributed by atoms with Crippen LogP contribution >= 0.6 is 0 Å². The lowest BCUT2D eigenvalue weighted by atomic mass is 10.1. The zero-order valence-corrected chi connectivity index (χ0v) is 17.1. The summed E-state index contributed by atoms with van der Waals surface area (Å²) in [6.45, 7) is 0.300. The lowest BCUT2D eigenvalue weighted by Crippen LogP contribution is -2.12. The summed E-state index contributed by atoms with van der Waals surface area (Å²) in [4.78, 5) is 12.5. The molecule has 7 heteroatoms. The summed E-state index contributed by atoms with van der Waals surface area (Å²) in [5.74, 6) is 0.212. The van der Waals surface area contributed by atoms with Gasteiger partial charge in [-0.1, -0.05) is 30.3 Å². The number of benzene rings is 3. The zero-order valence-electron chi connectivity index (χ0n) is 16.3. The molecular formula is C23H20N2O4S. The molecule has 0 aliphatic rings. The van der Waals surface area contributed by atoms with E-state index in [2.05, 4.69) is 11.4 Å². The zero-order chi connectivity index (χ0) is 21.6. The van der Waals surface area contributed by atoms with Gasteiger partial charge in [-0.2, -0.15) is 5.26 Å². The Hall–Kier alpha value is -3.63. The van der Waals surface area contributed by atoms with Gasteiger partial charge in [0.1, 0.15) is 12.4 Å². The van der Waals surface area contributed by atoms with E-state index in [1.165, 1.54) is 6.26 Å². The molecule has 0 aromatic heterocycles. The first-order valence-electron chi connectivity index (χ1n) is 9.12. The molecule has 0 bridgehead atoms. The molecule has 30 heavy (non-hydrogen) atoms. The van der Waals surface area contributed by atoms with Gasteiger partial charge in [-0.3, -0.25) is 4.79 Å². The molecule has 3 aromatic rings. The topological polar surface area (TPSA) is 96.3 Å². The summed E-state index contributed by atoms with van der Waals surface area (Å²) in [5, 5.41) is 11.8. The Morgan fingerprint density at radius 3 is 2.43 bits per heavy atom. The van der Waals surface area contributed by atoms with Crippen LogP contribution in [0.3, 0.4) is 0 Å². The molecular weight excluding hydrogens is 400 g/mol. The monoisotopic (exact) mass is 420 g/mol. The number of rotatable bonds is 7. The highest BCUT2D eigenvalue weighted by Crippen LogP contribution is 2.20. The van der Waals surface area contributed by atoms with Gasteiger partial charge in [0.05, 0.1) is 17.4 Å². The summed E-state index contributed by atoms with van der Waals surface area (Å²) in [6.07, 6.45) is 1.17. The summed E-state index contributed by atoms with van der Waals surface area (Å²) in [5.41, 5.74) is 3.07. The average molecular weight is 420 g/mol. The van der Waals surface area contributed by atoms with E-state index in [0.29, 0.717) is 34.7 Å². The fraction of sp³-hybridized carbons (Fsp3) is 0.130. The van der Waals surface area contributed by atoms with Crippen molar-refractivity contribution >= 4 is 21.4 Å². The van der Waals surface area contributed by atoms with Gasteiger partial charge in [-0.05, 0) is 47.5 Å². The standard InChI is InChI=1S/C23H20N2O4S/c1-30(27,28)16-17-8-10-20(11-9-17)23(26)25-21-6-3-7-22(13-21)29-15-19-5-2-4-18(12-19)14-24/h2-13H,15-16H2,1H3,(H,25,26). The highest BCUT2D eigenvalue weighted by Gasteiger charge is 2.09. The first-order chi connectivity index (χ1) is 14.3. The molecule has 0 unspecified atom stereocenters. The molecule has 0 heterocycles. The Morgan fingerprint density at radius 1 is 1.00 bits per heavy atom. The smallest absolute Gasteiger partial charge is 0.255 e. The number of carbonyl (C=O) groups is 1. The van der Waals surface area contributed by atoms with Gasteiger partial charge >= 0.3 is 0 Å². The van der Waals surface area contributed by atoms with Crippen LogP contribution < -0.4 is 10.1 Å². The van der Waals surface area contributed by atoms with Crippen molar-refractivity contribution in [2.75, 3.05) is 11.6 Å². The van der Waals surface area contributed by atoms with E-state index in [0.717, 1.165) is 5.56 Å². The van der Waals surface area contributed by atoms with E-state index in [1.54, 1.807) is 66.7 Å². The fourth-order valence-electron chi connectivity index (χ4n) is 2.82. The second-order valence-corrected chi connectivity index (χ2v) is 8.99. The maximum atomic E-state index is 12.5. The van der Waals surface area contributed by atoms with E-state index < -0.39 is 9.84 Å². The normalized spacial score (nSPS) is 10.8. The Morgan fingerprint density at radius 2 is 1.73 bits per heavy atom. The van der Waals surface area contributed by atoms with Crippen molar-refractivity contribution in [3.05, 3.63) is 95.1 Å². The van der Waals surface area contributed by atoms with Crippen molar-refractivity contribution in [2.24, 2.45) is 0 Å². The number of nitrogens with zero attached hydrogens (tertiary/aromatic N) is 1. The van der Waals surface area contributed by atoms with Crippen molar-refractivity contribution in [3.8, 4) is 11.8 Å². The third-order valence-electron chi connectivity index (χ3n) is 4.20. The summed E-state index contributed by atoms with van der Waals surface area (Å²) >= 11 is 0. The molecule has 1 N–H and O–H groups in total. The summed E-state index contributed by atoms with van der Waals surface area (Å²) in [6, 6.07) is 22.7. The predicted molar refractivity (Wildman–Crippen MR) is 115 cm³/mol. The van der Waals surface area contributed by atoms with Crippen molar-refractivity contribution in [1.82, 2.24) is 0 Å². The molecule has 3 rings (SSSR count). The number of ether oxygens (including phenoxy) is 1. The number of anilines is 1. The summed E-state index contributed by atoms with van der Waals surface area (Å²) in [7, 11) is -3.12. The Balaban J connectivity index is 1.63. The van der Waals surface area contributed by atoms with Crippen LogP contribution in [0.4, 0.5) is 5.69 Å². The molecule has 0 spiro atoms. The number of nitriles is 1. The highest BCUT2D eigenvalue weighted by molar-refractivity contribution is 7.89. The minimum atomic E-state index is -3.12. The van der Waals surface area contributed by atoms with Crippen LogP contribution in [0.25, 0.3) is 0 Å². The molecule has 0 fully saturated rings. The van der Waals surface area contributed by atoms with Crippen LogP contribution in [-0.4, -0.2) is 20.6 Å². The molecule has 152 valence electrons. The van der Waals surface area contributed by atoms with Gasteiger partial charge in [0.25, 0.3) is 5.91 Å². The van der Waals surface area contributed by atoms with E-state index in [-0.39, 0.29) is 11.7 Å². The fourth-order valence-corrected chi connectivity index (χ4v) is 3.62. The lowest BCUT2D eigenvalue weighted by Gasteiger charge is -2.10. The maximum absolute atomic E-state index is 12.5. The molecule has 0 aliphatic carbocycles. The van der Waals surface area contributed by atoms with E-state index in [1.807, 2.05) is 6.07 Å². The van der Waals surface area contributed by atoms with Crippen LogP contribution in [-0.2, 0) is 22.2 Å². The number of hydrogen-bond acceptors (Lipinski definition) is 5. The minimum Gasteiger partial charge on any atom is -0.489 e. The largest absolute Gasteiger partial charge is 0.489 e. The number of nitrogens with one attached hydrogen (secondary N) is 1. The quantitative estimate of drug-likeness (QED) is 0.625. The van der Waals surface area contributed by atoms with Gasteiger partial charge in [-0.15, -0.1) is 0 Å². The molecule has 0 radical (unpaired) electrons. The Bertz CT molecular complexity index is 1200. The molecule has 0 atom stereocenters. The van der Waals surface area contributed by atoms with Gasteiger partial charge < -0.3 is 10.1 Å². The van der Waals surface area contributed by atoms with Crippen LogP contribution in [0, 0.1) is 11.3 Å².